The minimum absolute atomic E-state index is 0.0557. The summed E-state index contributed by atoms with van der Waals surface area (Å²) in [6.45, 7) is 5.88. The van der Waals surface area contributed by atoms with Crippen LogP contribution in [-0.4, -0.2) is 32.0 Å². The SMILES string of the molecule is CC(C)OC(=O)NCC1CCOC1. The van der Waals surface area contributed by atoms with Crippen molar-refractivity contribution < 1.29 is 14.3 Å². The normalized spacial score (nSPS) is 21.9. The van der Waals surface area contributed by atoms with Gasteiger partial charge < -0.3 is 14.8 Å². The number of amides is 1. The predicted octanol–water partition coefficient (Wildman–Crippen LogP) is 1.16. The summed E-state index contributed by atoms with van der Waals surface area (Å²) < 4.78 is 10.1. The molecule has 1 N–H and O–H groups in total. The summed E-state index contributed by atoms with van der Waals surface area (Å²) in [7, 11) is 0. The van der Waals surface area contributed by atoms with E-state index in [1.54, 1.807) is 0 Å². The van der Waals surface area contributed by atoms with Crippen molar-refractivity contribution in [1.82, 2.24) is 5.32 Å². The summed E-state index contributed by atoms with van der Waals surface area (Å²) in [5, 5.41) is 2.71. The van der Waals surface area contributed by atoms with E-state index in [1.165, 1.54) is 0 Å². The van der Waals surface area contributed by atoms with Gasteiger partial charge in [-0.3, -0.25) is 0 Å². The minimum Gasteiger partial charge on any atom is -0.447 e. The first kappa shape index (κ1) is 10.3. The zero-order chi connectivity index (χ0) is 9.68. The number of ether oxygens (including phenoxy) is 2. The maximum atomic E-state index is 11.0. The molecule has 1 saturated heterocycles. The first-order valence-corrected chi connectivity index (χ1v) is 4.70. The second-order valence-electron chi connectivity index (χ2n) is 3.56. The quantitative estimate of drug-likeness (QED) is 0.721. The topological polar surface area (TPSA) is 47.6 Å². The van der Waals surface area contributed by atoms with Crippen LogP contribution >= 0.6 is 0 Å². The van der Waals surface area contributed by atoms with Gasteiger partial charge in [0.1, 0.15) is 0 Å². The Morgan fingerprint density at radius 2 is 2.46 bits per heavy atom. The van der Waals surface area contributed by atoms with Gasteiger partial charge in [0.2, 0.25) is 0 Å². The van der Waals surface area contributed by atoms with Crippen LogP contribution in [0.25, 0.3) is 0 Å². The maximum absolute atomic E-state index is 11.0. The molecule has 0 aromatic rings. The van der Waals surface area contributed by atoms with Crippen molar-refractivity contribution in [2.45, 2.75) is 26.4 Å². The monoisotopic (exact) mass is 187 g/mol. The Labute approximate surface area is 78.6 Å². The van der Waals surface area contributed by atoms with Gasteiger partial charge in [-0.05, 0) is 20.3 Å². The molecular formula is C9H17NO3. The molecule has 0 radical (unpaired) electrons. The molecule has 13 heavy (non-hydrogen) atoms. The highest BCUT2D eigenvalue weighted by Crippen LogP contribution is 2.10. The fourth-order valence-corrected chi connectivity index (χ4v) is 1.23. The van der Waals surface area contributed by atoms with Crippen molar-refractivity contribution in [1.29, 1.82) is 0 Å². The van der Waals surface area contributed by atoms with E-state index in [2.05, 4.69) is 5.32 Å². The number of hydrogen-bond acceptors (Lipinski definition) is 3. The van der Waals surface area contributed by atoms with E-state index >= 15 is 0 Å². The van der Waals surface area contributed by atoms with Gasteiger partial charge in [0.15, 0.2) is 0 Å². The van der Waals surface area contributed by atoms with Crippen LogP contribution in [0.3, 0.4) is 0 Å². The molecule has 1 heterocycles. The number of carbonyl (C=O) groups is 1. The highest BCUT2D eigenvalue weighted by atomic mass is 16.6. The second kappa shape index (κ2) is 5.07. The predicted molar refractivity (Wildman–Crippen MR) is 48.5 cm³/mol. The average Bonchev–Trinajstić information content (AvgIpc) is 2.51. The third-order valence-electron chi connectivity index (χ3n) is 1.90. The maximum Gasteiger partial charge on any atom is 0.407 e. The van der Waals surface area contributed by atoms with Crippen molar-refractivity contribution >= 4 is 6.09 Å². The Bertz CT molecular complexity index is 164. The van der Waals surface area contributed by atoms with Gasteiger partial charge in [-0.2, -0.15) is 0 Å². The van der Waals surface area contributed by atoms with E-state index in [0.717, 1.165) is 19.6 Å². The minimum atomic E-state index is -0.332. The van der Waals surface area contributed by atoms with Crippen LogP contribution in [0, 0.1) is 5.92 Å². The van der Waals surface area contributed by atoms with Gasteiger partial charge in [-0.15, -0.1) is 0 Å². The summed E-state index contributed by atoms with van der Waals surface area (Å²) in [4.78, 5) is 11.0. The number of rotatable bonds is 3. The number of nitrogens with one attached hydrogen (secondary N) is 1. The van der Waals surface area contributed by atoms with E-state index in [1.807, 2.05) is 13.8 Å². The first-order valence-electron chi connectivity index (χ1n) is 4.70. The van der Waals surface area contributed by atoms with Crippen molar-refractivity contribution in [3.8, 4) is 0 Å². The molecule has 0 saturated carbocycles. The summed E-state index contributed by atoms with van der Waals surface area (Å²) in [5.74, 6) is 0.458. The van der Waals surface area contributed by atoms with Gasteiger partial charge in [0, 0.05) is 19.1 Å². The molecule has 1 atom stereocenters. The Morgan fingerprint density at radius 3 is 3.00 bits per heavy atom. The lowest BCUT2D eigenvalue weighted by atomic mass is 10.1. The molecule has 4 heteroatoms. The molecule has 1 aliphatic rings. The van der Waals surface area contributed by atoms with Crippen LogP contribution in [0.1, 0.15) is 20.3 Å². The van der Waals surface area contributed by atoms with E-state index < -0.39 is 0 Å². The zero-order valence-corrected chi connectivity index (χ0v) is 8.21. The molecule has 0 spiro atoms. The summed E-state index contributed by atoms with van der Waals surface area (Å²) in [5.41, 5.74) is 0. The summed E-state index contributed by atoms with van der Waals surface area (Å²) in [6, 6.07) is 0. The highest BCUT2D eigenvalue weighted by molar-refractivity contribution is 5.67. The smallest absolute Gasteiger partial charge is 0.407 e. The molecular weight excluding hydrogens is 170 g/mol. The number of hydrogen-bond donors (Lipinski definition) is 1. The van der Waals surface area contributed by atoms with Crippen molar-refractivity contribution in [2.24, 2.45) is 5.92 Å². The molecule has 0 bridgehead atoms. The van der Waals surface area contributed by atoms with Gasteiger partial charge in [-0.1, -0.05) is 0 Å². The number of carbonyl (C=O) groups excluding carboxylic acids is 1. The molecule has 0 aromatic carbocycles. The third-order valence-corrected chi connectivity index (χ3v) is 1.90. The van der Waals surface area contributed by atoms with Crippen molar-refractivity contribution in [2.75, 3.05) is 19.8 Å². The fourth-order valence-electron chi connectivity index (χ4n) is 1.23. The molecule has 4 nitrogen and oxygen atoms in total. The Kier molecular flexibility index (Phi) is 4.02. The van der Waals surface area contributed by atoms with E-state index in [9.17, 15) is 4.79 Å². The van der Waals surface area contributed by atoms with E-state index in [-0.39, 0.29) is 12.2 Å². The summed E-state index contributed by atoms with van der Waals surface area (Å²) in [6.07, 6.45) is 0.642. The largest absolute Gasteiger partial charge is 0.447 e. The van der Waals surface area contributed by atoms with Gasteiger partial charge in [-0.25, -0.2) is 4.79 Å². The Balaban J connectivity index is 2.07. The Morgan fingerprint density at radius 1 is 1.69 bits per heavy atom. The zero-order valence-electron chi connectivity index (χ0n) is 8.21. The van der Waals surface area contributed by atoms with Crippen LogP contribution in [0.5, 0.6) is 0 Å². The molecule has 1 amide bonds. The van der Waals surface area contributed by atoms with Crippen LogP contribution in [0.2, 0.25) is 0 Å². The van der Waals surface area contributed by atoms with Gasteiger partial charge in [0.05, 0.1) is 12.7 Å². The molecule has 0 aliphatic carbocycles. The van der Waals surface area contributed by atoms with Crippen LogP contribution in [-0.2, 0) is 9.47 Å². The fraction of sp³-hybridized carbons (Fsp3) is 0.889. The van der Waals surface area contributed by atoms with E-state index in [0.29, 0.717) is 12.5 Å². The third kappa shape index (κ3) is 4.12. The lowest BCUT2D eigenvalue weighted by Crippen LogP contribution is -2.31. The first-order chi connectivity index (χ1) is 6.18. The van der Waals surface area contributed by atoms with Crippen molar-refractivity contribution in [3.05, 3.63) is 0 Å². The molecule has 0 aromatic heterocycles. The molecule has 1 aliphatic heterocycles. The van der Waals surface area contributed by atoms with Gasteiger partial charge >= 0.3 is 6.09 Å². The van der Waals surface area contributed by atoms with Crippen LogP contribution in [0.15, 0.2) is 0 Å². The van der Waals surface area contributed by atoms with Gasteiger partial charge in [0.25, 0.3) is 0 Å². The average molecular weight is 187 g/mol. The second-order valence-corrected chi connectivity index (χ2v) is 3.56. The molecule has 1 unspecified atom stereocenters. The van der Waals surface area contributed by atoms with E-state index in [4.69, 9.17) is 9.47 Å². The lowest BCUT2D eigenvalue weighted by molar-refractivity contribution is 0.113. The summed E-state index contributed by atoms with van der Waals surface area (Å²) >= 11 is 0. The molecule has 1 rings (SSSR count). The number of alkyl carbamates (subject to hydrolysis) is 1. The van der Waals surface area contributed by atoms with Crippen LogP contribution in [0.4, 0.5) is 4.79 Å². The van der Waals surface area contributed by atoms with Crippen molar-refractivity contribution in [3.63, 3.8) is 0 Å². The highest BCUT2D eigenvalue weighted by Gasteiger charge is 2.16. The standard InChI is InChI=1S/C9H17NO3/c1-7(2)13-9(11)10-5-8-3-4-12-6-8/h7-8H,3-6H2,1-2H3,(H,10,11). The Hall–Kier alpha value is -0.770. The lowest BCUT2D eigenvalue weighted by Gasteiger charge is -2.11. The molecule has 76 valence electrons. The molecule has 1 fully saturated rings. The van der Waals surface area contributed by atoms with Crippen LogP contribution < -0.4 is 5.32 Å².